The lowest BCUT2D eigenvalue weighted by atomic mass is 9.97. The first-order chi connectivity index (χ1) is 13.3. The van der Waals surface area contributed by atoms with Gasteiger partial charge in [-0.15, -0.1) is 0 Å². The van der Waals surface area contributed by atoms with Gasteiger partial charge in [0, 0.05) is 5.92 Å². The van der Waals surface area contributed by atoms with E-state index in [0.717, 1.165) is 11.5 Å². The van der Waals surface area contributed by atoms with Gasteiger partial charge in [-0.2, -0.15) is 0 Å². The van der Waals surface area contributed by atoms with Crippen LogP contribution in [0.3, 0.4) is 0 Å². The van der Waals surface area contributed by atoms with Crippen molar-refractivity contribution >= 4 is 12.1 Å². The van der Waals surface area contributed by atoms with Crippen LogP contribution >= 0.6 is 0 Å². The summed E-state index contributed by atoms with van der Waals surface area (Å²) in [6.07, 6.45) is 4.84. The van der Waals surface area contributed by atoms with Crippen molar-refractivity contribution in [2.45, 2.75) is 45.4 Å². The molecule has 0 bridgehead atoms. The van der Waals surface area contributed by atoms with E-state index in [4.69, 9.17) is 14.2 Å². The van der Waals surface area contributed by atoms with Gasteiger partial charge in [0.15, 0.2) is 5.76 Å². The minimum Gasteiger partial charge on any atom is -0.489 e. The molecule has 0 fully saturated rings. The molecule has 0 aromatic heterocycles. The number of allylic oxidation sites excluding steroid dienone is 2. The molecule has 1 aliphatic rings. The monoisotopic (exact) mass is 384 g/mol. The average molecular weight is 384 g/mol. The molecule has 1 aliphatic carbocycles. The molecule has 1 aromatic rings. The summed E-state index contributed by atoms with van der Waals surface area (Å²) in [5, 5.41) is 2.61. The first-order valence-electron chi connectivity index (χ1n) is 9.01. The Morgan fingerprint density at radius 3 is 2.43 bits per heavy atom. The van der Waals surface area contributed by atoms with Gasteiger partial charge in [-0.25, -0.2) is 9.59 Å². The van der Waals surface area contributed by atoms with Gasteiger partial charge in [0.2, 0.25) is 0 Å². The molecule has 0 unspecified atom stereocenters. The van der Waals surface area contributed by atoms with Crippen molar-refractivity contribution in [2.75, 3.05) is 7.11 Å². The van der Waals surface area contributed by atoms with Gasteiger partial charge in [-0.05, 0) is 44.9 Å². The lowest BCUT2D eigenvalue weighted by molar-refractivity contribution is -0.147. The molecule has 0 saturated heterocycles. The Bertz CT molecular complexity index is 770. The molecular weight excluding hydrogens is 358 g/mol. The van der Waals surface area contributed by atoms with E-state index < -0.39 is 23.7 Å². The number of methoxy groups -OCH3 is 1. The van der Waals surface area contributed by atoms with Gasteiger partial charge in [-0.1, -0.05) is 42.1 Å². The van der Waals surface area contributed by atoms with E-state index in [-0.39, 0.29) is 13.0 Å². The van der Waals surface area contributed by atoms with Gasteiger partial charge >= 0.3 is 12.1 Å². The number of hydrogen-bond donors (Lipinski definition) is 1. The topological polar surface area (TPSA) is 73.9 Å². The minimum atomic E-state index is -0.889. The lowest BCUT2D eigenvalue weighted by Gasteiger charge is -2.24. The fourth-order valence-electron chi connectivity index (χ4n) is 2.40. The second-order valence-corrected chi connectivity index (χ2v) is 7.26. The molecule has 1 amide bonds. The normalized spacial score (nSPS) is 14.8. The molecule has 149 valence electrons. The van der Waals surface area contributed by atoms with Crippen molar-refractivity contribution in [3.8, 4) is 0 Å². The molecule has 1 radical (unpaired) electrons. The van der Waals surface area contributed by atoms with Gasteiger partial charge in [0.1, 0.15) is 18.2 Å². The molecule has 0 spiro atoms. The highest BCUT2D eigenvalue weighted by Crippen LogP contribution is 2.19. The third kappa shape index (κ3) is 7.33. The third-order valence-electron chi connectivity index (χ3n) is 3.71. The Labute approximate surface area is 165 Å². The number of hydrogen-bond acceptors (Lipinski definition) is 5. The number of alkyl carbamates (subject to hydrolysis) is 1. The maximum absolute atomic E-state index is 12.6. The number of esters is 1. The van der Waals surface area contributed by atoms with Gasteiger partial charge in [0.05, 0.1) is 7.11 Å². The largest absolute Gasteiger partial charge is 0.489 e. The average Bonchev–Trinajstić information content (AvgIpc) is 2.65. The Balaban J connectivity index is 2.04. The van der Waals surface area contributed by atoms with Crippen LogP contribution in [0, 0.1) is 5.92 Å². The summed E-state index contributed by atoms with van der Waals surface area (Å²) in [5.41, 5.74) is 3.16. The van der Waals surface area contributed by atoms with E-state index in [2.05, 4.69) is 11.0 Å². The molecule has 2 rings (SSSR count). The van der Waals surface area contributed by atoms with Crippen molar-refractivity contribution in [1.82, 2.24) is 5.32 Å². The minimum absolute atomic E-state index is 0.126. The Hall–Kier alpha value is -2.98. The molecule has 0 saturated carbocycles. The Morgan fingerprint density at radius 2 is 1.86 bits per heavy atom. The maximum Gasteiger partial charge on any atom is 0.408 e. The van der Waals surface area contributed by atoms with Crippen LogP contribution in [0.4, 0.5) is 4.79 Å². The van der Waals surface area contributed by atoms with Crippen molar-refractivity contribution in [1.29, 1.82) is 0 Å². The van der Waals surface area contributed by atoms with E-state index in [0.29, 0.717) is 5.76 Å². The van der Waals surface area contributed by atoms with E-state index >= 15 is 0 Å². The Morgan fingerprint density at radius 1 is 1.14 bits per heavy atom. The van der Waals surface area contributed by atoms with Crippen LogP contribution in [0.15, 0.2) is 60.1 Å². The molecular formula is C22H26NO5. The molecule has 1 N–H and O–H groups in total. The number of ether oxygens (including phenoxy) is 3. The van der Waals surface area contributed by atoms with Gasteiger partial charge in [-0.3, -0.25) is 0 Å². The first-order valence-corrected chi connectivity index (χ1v) is 9.01. The van der Waals surface area contributed by atoms with Gasteiger partial charge in [0.25, 0.3) is 0 Å². The van der Waals surface area contributed by atoms with E-state index in [9.17, 15) is 9.59 Å². The van der Waals surface area contributed by atoms with Crippen LogP contribution in [0.25, 0.3) is 0 Å². The zero-order chi connectivity index (χ0) is 20.6. The van der Waals surface area contributed by atoms with Crippen LogP contribution in [-0.2, 0) is 25.6 Å². The molecule has 6 heteroatoms. The van der Waals surface area contributed by atoms with E-state index in [1.165, 1.54) is 0 Å². The number of nitrogens with one attached hydrogen (secondary N) is 1. The lowest BCUT2D eigenvalue weighted by Crippen LogP contribution is -2.44. The van der Waals surface area contributed by atoms with Crippen molar-refractivity contribution in [2.24, 2.45) is 0 Å². The maximum atomic E-state index is 12.6. The van der Waals surface area contributed by atoms with E-state index in [1.54, 1.807) is 40.0 Å². The number of carbonyl (C=O) groups excluding carboxylic acids is 2. The highest BCUT2D eigenvalue weighted by atomic mass is 16.6. The quantitative estimate of drug-likeness (QED) is 0.571. The molecule has 0 heterocycles. The second-order valence-electron chi connectivity index (χ2n) is 7.26. The molecule has 1 atom stereocenters. The van der Waals surface area contributed by atoms with Crippen molar-refractivity contribution < 1.29 is 23.8 Å². The van der Waals surface area contributed by atoms with Gasteiger partial charge < -0.3 is 19.5 Å². The molecule has 0 aliphatic heterocycles. The van der Waals surface area contributed by atoms with Crippen molar-refractivity contribution in [3.63, 3.8) is 0 Å². The fourth-order valence-corrected chi connectivity index (χ4v) is 2.40. The predicted molar refractivity (Wildman–Crippen MR) is 105 cm³/mol. The summed E-state index contributed by atoms with van der Waals surface area (Å²) in [7, 11) is 1.55. The highest BCUT2D eigenvalue weighted by Gasteiger charge is 2.28. The van der Waals surface area contributed by atoms with Crippen molar-refractivity contribution in [3.05, 3.63) is 71.5 Å². The number of amides is 1. The zero-order valence-electron chi connectivity index (χ0n) is 16.7. The highest BCUT2D eigenvalue weighted by molar-refractivity contribution is 5.82. The fraction of sp³-hybridized carbons (Fsp3) is 0.364. The van der Waals surface area contributed by atoms with Crippen LogP contribution in [0.1, 0.15) is 32.8 Å². The van der Waals surface area contributed by atoms with Crippen LogP contribution in [-0.4, -0.2) is 30.8 Å². The summed E-state index contributed by atoms with van der Waals surface area (Å²) in [4.78, 5) is 24.8. The van der Waals surface area contributed by atoms with E-state index in [1.807, 2.05) is 36.4 Å². The summed E-state index contributed by atoms with van der Waals surface area (Å²) in [6, 6.07) is 8.46. The number of benzene rings is 1. The van der Waals surface area contributed by atoms with Crippen LogP contribution < -0.4 is 5.32 Å². The standard InChI is InChI=1S/C22H26NO5/c1-22(2,3)28-21(25)23-19(14-16-10-12-18(26-4)13-11-16)20(24)27-15-17-8-6-5-7-9-17/h5-12,19H,14-15H2,1-4H3,(H,23,25)/t19-/m0/s1. The summed E-state index contributed by atoms with van der Waals surface area (Å²) >= 11 is 0. The molecule has 28 heavy (non-hydrogen) atoms. The van der Waals surface area contributed by atoms with Crippen LogP contribution in [0.5, 0.6) is 0 Å². The summed E-state index contributed by atoms with van der Waals surface area (Å²) in [5.74, 6) is 0.858. The predicted octanol–water partition coefficient (Wildman–Crippen LogP) is 3.84. The third-order valence-corrected chi connectivity index (χ3v) is 3.71. The molecule has 1 aromatic carbocycles. The zero-order valence-corrected chi connectivity index (χ0v) is 16.7. The molecule has 6 nitrogen and oxygen atoms in total. The first kappa shape index (κ1) is 21.3. The summed E-state index contributed by atoms with van der Waals surface area (Å²) in [6.45, 7) is 5.40. The SMILES string of the molecule is COC1=C=C[C](C[C@H](NC(=O)OC(C)(C)C)C(=O)OCc2ccccc2)C=C1. The Kier molecular flexibility index (Phi) is 7.47. The number of rotatable bonds is 7. The number of carbonyl (C=O) groups is 2. The van der Waals surface area contributed by atoms with Crippen LogP contribution in [0.2, 0.25) is 0 Å². The second kappa shape index (κ2) is 9.81. The summed E-state index contributed by atoms with van der Waals surface area (Å²) < 4.78 is 15.8. The smallest absolute Gasteiger partial charge is 0.408 e.